The van der Waals surface area contributed by atoms with Crippen molar-refractivity contribution in [3.05, 3.63) is 47.8 Å². The molecule has 1 fully saturated rings. The smallest absolute Gasteiger partial charge is 0.348 e. The number of carbonyl (C=O) groups is 1. The molecule has 182 valence electrons. The van der Waals surface area contributed by atoms with Crippen molar-refractivity contribution in [2.75, 3.05) is 0 Å². The van der Waals surface area contributed by atoms with Gasteiger partial charge in [-0.1, -0.05) is 6.07 Å². The quantitative estimate of drug-likeness (QED) is 0.621. The van der Waals surface area contributed by atoms with E-state index in [2.05, 4.69) is 10.4 Å². The first kappa shape index (κ1) is 25.0. The molecule has 0 spiro atoms. The predicted octanol–water partition coefficient (Wildman–Crippen LogP) is 4.28. The summed E-state index contributed by atoms with van der Waals surface area (Å²) in [6, 6.07) is 3.11. The molecule has 0 unspecified atom stereocenters. The average molecular weight is 501 g/mol. The molecular weight excluding hydrogens is 483 g/mol. The lowest BCUT2D eigenvalue weighted by molar-refractivity contribution is -0.142. The van der Waals surface area contributed by atoms with Gasteiger partial charge in [0.05, 0.1) is 10.5 Å². The van der Waals surface area contributed by atoms with Crippen LogP contribution in [0.3, 0.4) is 0 Å². The number of nitrogens with zero attached hydrogens (tertiary/aromatic N) is 2. The Morgan fingerprint density at radius 2 is 1.76 bits per heavy atom. The number of hydrogen-bond acceptors (Lipinski definition) is 4. The number of sulfone groups is 1. The number of aromatic nitrogens is 2. The van der Waals surface area contributed by atoms with E-state index >= 15 is 4.39 Å². The summed E-state index contributed by atoms with van der Waals surface area (Å²) in [6.07, 6.45) is -10.0. The SMILES string of the molecule is O=C(N[C@H]1CC[C@](F)(S(=O)(=O)c2cccc(C(F)(F)F)c2)CC1)c1ccnn1CC(F)(F)F. The van der Waals surface area contributed by atoms with Crippen molar-refractivity contribution >= 4 is 15.7 Å². The molecule has 1 aliphatic rings. The van der Waals surface area contributed by atoms with Crippen LogP contribution >= 0.6 is 0 Å². The van der Waals surface area contributed by atoms with Crippen LogP contribution in [-0.2, 0) is 22.6 Å². The van der Waals surface area contributed by atoms with Crippen molar-refractivity contribution in [3.8, 4) is 0 Å². The molecule has 1 heterocycles. The minimum Gasteiger partial charge on any atom is -0.348 e. The fourth-order valence-electron chi connectivity index (χ4n) is 3.59. The molecule has 0 aliphatic heterocycles. The molecular formula is C19H18F7N3O3S. The zero-order chi connectivity index (χ0) is 24.7. The molecule has 1 saturated carbocycles. The van der Waals surface area contributed by atoms with Crippen LogP contribution in [0.5, 0.6) is 0 Å². The number of carbonyl (C=O) groups excluding carboxylic acids is 1. The third-order valence-corrected chi connectivity index (χ3v) is 7.54. The molecule has 0 saturated heterocycles. The molecule has 0 bridgehead atoms. The lowest BCUT2D eigenvalue weighted by Gasteiger charge is -2.34. The largest absolute Gasteiger partial charge is 0.416 e. The van der Waals surface area contributed by atoms with Crippen LogP contribution in [0.25, 0.3) is 0 Å². The average Bonchev–Trinajstić information content (AvgIpc) is 3.15. The van der Waals surface area contributed by atoms with Crippen molar-refractivity contribution in [2.45, 2.75) is 60.5 Å². The molecule has 33 heavy (non-hydrogen) atoms. The van der Waals surface area contributed by atoms with Crippen molar-refractivity contribution in [2.24, 2.45) is 0 Å². The van der Waals surface area contributed by atoms with Crippen molar-refractivity contribution in [1.82, 2.24) is 15.1 Å². The van der Waals surface area contributed by atoms with E-state index in [9.17, 15) is 39.6 Å². The van der Waals surface area contributed by atoms with Gasteiger partial charge in [0.15, 0.2) is 0 Å². The summed E-state index contributed by atoms with van der Waals surface area (Å²) in [5, 5.41) is 3.02. The van der Waals surface area contributed by atoms with Crippen LogP contribution in [0.1, 0.15) is 41.7 Å². The first-order valence-electron chi connectivity index (χ1n) is 9.63. The number of amides is 1. The number of nitrogens with one attached hydrogen (secondary N) is 1. The fraction of sp³-hybridized carbons (Fsp3) is 0.474. The maximum Gasteiger partial charge on any atom is 0.416 e. The van der Waals surface area contributed by atoms with Crippen molar-refractivity contribution in [3.63, 3.8) is 0 Å². The lowest BCUT2D eigenvalue weighted by atomic mass is 9.93. The lowest BCUT2D eigenvalue weighted by Crippen LogP contribution is -2.45. The Morgan fingerprint density at radius 1 is 1.12 bits per heavy atom. The molecule has 3 rings (SSSR count). The van der Waals surface area contributed by atoms with Gasteiger partial charge < -0.3 is 5.32 Å². The van der Waals surface area contributed by atoms with Gasteiger partial charge in [-0.2, -0.15) is 31.4 Å². The molecule has 14 heteroatoms. The Hall–Kier alpha value is -2.64. The Labute approximate surface area is 183 Å². The second kappa shape index (κ2) is 8.61. The molecule has 1 aliphatic carbocycles. The van der Waals surface area contributed by atoms with Crippen LogP contribution in [0.15, 0.2) is 41.4 Å². The second-order valence-electron chi connectivity index (χ2n) is 7.65. The van der Waals surface area contributed by atoms with Gasteiger partial charge in [0.2, 0.25) is 14.8 Å². The molecule has 1 aromatic heterocycles. The second-order valence-corrected chi connectivity index (χ2v) is 9.86. The number of rotatable bonds is 5. The Kier molecular flexibility index (Phi) is 6.52. The maximum absolute atomic E-state index is 15.4. The minimum atomic E-state index is -4.81. The fourth-order valence-corrected chi connectivity index (χ4v) is 5.33. The van der Waals surface area contributed by atoms with E-state index in [1.807, 2.05) is 0 Å². The Balaban J connectivity index is 1.69. The highest BCUT2D eigenvalue weighted by Crippen LogP contribution is 2.41. The molecule has 0 radical (unpaired) electrons. The monoisotopic (exact) mass is 501 g/mol. The van der Waals surface area contributed by atoms with Crippen LogP contribution in [-0.4, -0.2) is 41.3 Å². The van der Waals surface area contributed by atoms with Gasteiger partial charge in [-0.15, -0.1) is 0 Å². The molecule has 1 aromatic carbocycles. The van der Waals surface area contributed by atoms with E-state index in [1.54, 1.807) is 0 Å². The maximum atomic E-state index is 15.4. The standard InChI is InChI=1S/C19H18F7N3O3S/c20-17(33(31,32)14-3-1-2-12(10-14)19(24,25)26)7-4-13(5-8-17)28-16(30)15-6-9-27-29(15)11-18(21,22)23/h1-3,6,9-10,13H,4-5,7-8,11H2,(H,28,30)/t13-,17-. The normalized spacial score (nSPS) is 22.2. The number of benzene rings is 1. The summed E-state index contributed by atoms with van der Waals surface area (Å²) in [6.45, 7) is -1.49. The molecule has 1 amide bonds. The third-order valence-electron chi connectivity index (χ3n) is 5.30. The van der Waals surface area contributed by atoms with E-state index in [4.69, 9.17) is 0 Å². The van der Waals surface area contributed by atoms with Gasteiger partial charge in [-0.25, -0.2) is 12.8 Å². The van der Waals surface area contributed by atoms with Gasteiger partial charge in [0, 0.05) is 12.2 Å². The number of alkyl halides is 7. The number of hydrogen-bond donors (Lipinski definition) is 1. The van der Waals surface area contributed by atoms with E-state index < -0.39 is 69.0 Å². The van der Waals surface area contributed by atoms with Gasteiger partial charge in [-0.3, -0.25) is 9.48 Å². The van der Waals surface area contributed by atoms with Crippen molar-refractivity contribution < 1.29 is 43.9 Å². The molecule has 2 aromatic rings. The van der Waals surface area contributed by atoms with Crippen LogP contribution in [0.4, 0.5) is 30.7 Å². The molecule has 0 atom stereocenters. The van der Waals surface area contributed by atoms with E-state index in [-0.39, 0.29) is 18.5 Å². The zero-order valence-corrected chi connectivity index (χ0v) is 17.6. The van der Waals surface area contributed by atoms with Gasteiger partial charge in [-0.05, 0) is 49.9 Å². The first-order valence-corrected chi connectivity index (χ1v) is 11.1. The van der Waals surface area contributed by atoms with E-state index in [1.165, 1.54) is 0 Å². The number of halogens is 7. The zero-order valence-electron chi connectivity index (χ0n) is 16.8. The van der Waals surface area contributed by atoms with Crippen molar-refractivity contribution in [1.29, 1.82) is 0 Å². The van der Waals surface area contributed by atoms with Crippen LogP contribution < -0.4 is 5.32 Å². The summed E-state index contributed by atoms with van der Waals surface area (Å²) in [5.41, 5.74) is -1.61. The highest BCUT2D eigenvalue weighted by Gasteiger charge is 2.48. The van der Waals surface area contributed by atoms with Gasteiger partial charge >= 0.3 is 12.4 Å². The van der Waals surface area contributed by atoms with Gasteiger partial charge in [0.25, 0.3) is 5.91 Å². The third kappa shape index (κ3) is 5.47. The van der Waals surface area contributed by atoms with E-state index in [0.29, 0.717) is 16.8 Å². The highest BCUT2D eigenvalue weighted by molar-refractivity contribution is 7.92. The van der Waals surface area contributed by atoms with E-state index in [0.717, 1.165) is 24.4 Å². The highest BCUT2D eigenvalue weighted by atomic mass is 32.2. The minimum absolute atomic E-state index is 0.187. The Morgan fingerprint density at radius 3 is 2.33 bits per heavy atom. The van der Waals surface area contributed by atoms with Crippen LogP contribution in [0, 0.1) is 0 Å². The predicted molar refractivity (Wildman–Crippen MR) is 100 cm³/mol. The summed E-state index contributed by atoms with van der Waals surface area (Å²) in [5.74, 6) is -0.895. The summed E-state index contributed by atoms with van der Waals surface area (Å²) in [4.78, 5) is 11.5. The summed E-state index contributed by atoms with van der Waals surface area (Å²) >= 11 is 0. The topological polar surface area (TPSA) is 81.1 Å². The molecule has 1 N–H and O–H groups in total. The van der Waals surface area contributed by atoms with Crippen LogP contribution in [0.2, 0.25) is 0 Å². The summed E-state index contributed by atoms with van der Waals surface area (Å²) < 4.78 is 118. The Bertz CT molecular complexity index is 1120. The van der Waals surface area contributed by atoms with Gasteiger partial charge in [0.1, 0.15) is 12.2 Å². The summed E-state index contributed by atoms with van der Waals surface area (Å²) in [7, 11) is -4.78. The molecule has 6 nitrogen and oxygen atoms in total. The first-order chi connectivity index (χ1) is 15.1.